The van der Waals surface area contributed by atoms with E-state index in [-0.39, 0.29) is 5.54 Å². The maximum absolute atomic E-state index is 6.22. The summed E-state index contributed by atoms with van der Waals surface area (Å²) in [4.78, 5) is 4.43. The SMILES string of the molecule is Clc1ccc2c(c1)C(C#Cc1ccccc1)(C1CC1)NC=N2. The number of aliphatic imine (C=N–C) groups is 1. The van der Waals surface area contributed by atoms with Gasteiger partial charge in [-0.1, -0.05) is 41.6 Å². The molecule has 0 amide bonds. The van der Waals surface area contributed by atoms with Gasteiger partial charge >= 0.3 is 0 Å². The van der Waals surface area contributed by atoms with Gasteiger partial charge in [0.1, 0.15) is 5.54 Å². The van der Waals surface area contributed by atoms with Crippen molar-refractivity contribution < 1.29 is 0 Å². The molecule has 2 aromatic rings. The molecule has 1 aliphatic heterocycles. The molecule has 1 N–H and O–H groups in total. The summed E-state index contributed by atoms with van der Waals surface area (Å²) >= 11 is 6.22. The minimum absolute atomic E-state index is 0.377. The van der Waals surface area contributed by atoms with Crippen molar-refractivity contribution in [3.63, 3.8) is 0 Å². The smallest absolute Gasteiger partial charge is 0.130 e. The summed E-state index contributed by atoms with van der Waals surface area (Å²) in [5, 5.41) is 4.15. The Balaban J connectivity index is 1.84. The van der Waals surface area contributed by atoms with Gasteiger partial charge in [0.15, 0.2) is 0 Å². The average molecular weight is 307 g/mol. The van der Waals surface area contributed by atoms with Crippen molar-refractivity contribution in [1.29, 1.82) is 0 Å². The van der Waals surface area contributed by atoms with Crippen LogP contribution in [0.15, 0.2) is 53.5 Å². The molecule has 3 heteroatoms. The molecule has 0 radical (unpaired) electrons. The van der Waals surface area contributed by atoms with E-state index in [9.17, 15) is 0 Å². The predicted octanol–water partition coefficient (Wildman–Crippen LogP) is 4.26. The molecule has 22 heavy (non-hydrogen) atoms. The number of fused-ring (bicyclic) bond motifs is 1. The predicted molar refractivity (Wildman–Crippen MR) is 90.5 cm³/mol. The molecule has 1 atom stereocenters. The van der Waals surface area contributed by atoms with Crippen molar-refractivity contribution >= 4 is 23.6 Å². The zero-order valence-corrected chi connectivity index (χ0v) is 12.8. The molecule has 1 unspecified atom stereocenters. The Kier molecular flexibility index (Phi) is 3.17. The molecule has 1 saturated carbocycles. The monoisotopic (exact) mass is 306 g/mol. The highest BCUT2D eigenvalue weighted by Gasteiger charge is 2.47. The highest BCUT2D eigenvalue weighted by molar-refractivity contribution is 6.30. The van der Waals surface area contributed by atoms with Gasteiger partial charge in [0, 0.05) is 16.1 Å². The summed E-state index contributed by atoms with van der Waals surface area (Å²) < 4.78 is 0. The van der Waals surface area contributed by atoms with Crippen LogP contribution in [-0.2, 0) is 5.54 Å². The topological polar surface area (TPSA) is 24.4 Å². The third-order valence-corrected chi connectivity index (χ3v) is 4.48. The third-order valence-electron chi connectivity index (χ3n) is 4.25. The molecule has 2 nitrogen and oxygen atoms in total. The molecule has 1 heterocycles. The van der Waals surface area contributed by atoms with Gasteiger partial charge in [-0.15, -0.1) is 0 Å². The molecule has 2 aromatic carbocycles. The molecule has 0 aromatic heterocycles. The number of hydrogen-bond acceptors (Lipinski definition) is 2. The van der Waals surface area contributed by atoms with E-state index in [1.807, 2.05) is 48.5 Å². The summed E-state index contributed by atoms with van der Waals surface area (Å²) in [6, 6.07) is 15.9. The van der Waals surface area contributed by atoms with E-state index in [4.69, 9.17) is 11.6 Å². The first-order valence-corrected chi connectivity index (χ1v) is 7.84. The van der Waals surface area contributed by atoms with E-state index >= 15 is 0 Å². The first-order valence-electron chi connectivity index (χ1n) is 7.46. The number of nitrogens with zero attached hydrogens (tertiary/aromatic N) is 1. The number of benzene rings is 2. The van der Waals surface area contributed by atoms with Crippen LogP contribution >= 0.6 is 11.6 Å². The molecule has 0 saturated heterocycles. The fraction of sp³-hybridized carbons (Fsp3) is 0.211. The van der Waals surface area contributed by atoms with Crippen molar-refractivity contribution in [3.05, 3.63) is 64.7 Å². The number of hydrogen-bond donors (Lipinski definition) is 1. The highest BCUT2D eigenvalue weighted by atomic mass is 35.5. The summed E-state index contributed by atoms with van der Waals surface area (Å²) in [7, 11) is 0. The van der Waals surface area contributed by atoms with Crippen LogP contribution in [0.25, 0.3) is 0 Å². The highest BCUT2D eigenvalue weighted by Crippen LogP contribution is 2.49. The molecular formula is C19H15ClN2. The molecule has 1 aliphatic carbocycles. The van der Waals surface area contributed by atoms with Crippen LogP contribution in [0, 0.1) is 17.8 Å². The Morgan fingerprint density at radius 3 is 2.73 bits per heavy atom. The summed E-state index contributed by atoms with van der Waals surface area (Å²) in [6.45, 7) is 0. The zero-order chi connectivity index (χ0) is 15.0. The summed E-state index contributed by atoms with van der Waals surface area (Å²) in [6.07, 6.45) is 4.13. The number of rotatable bonds is 1. The Morgan fingerprint density at radius 2 is 1.95 bits per heavy atom. The van der Waals surface area contributed by atoms with Crippen molar-refractivity contribution in [1.82, 2.24) is 5.32 Å². The molecular weight excluding hydrogens is 292 g/mol. The van der Waals surface area contributed by atoms with Crippen molar-refractivity contribution in [2.45, 2.75) is 18.4 Å². The van der Waals surface area contributed by atoms with Crippen LogP contribution in [-0.4, -0.2) is 6.34 Å². The quantitative estimate of drug-likeness (QED) is 0.782. The van der Waals surface area contributed by atoms with Gasteiger partial charge < -0.3 is 5.32 Å². The largest absolute Gasteiger partial charge is 0.356 e. The second kappa shape index (κ2) is 5.19. The van der Waals surface area contributed by atoms with Crippen LogP contribution < -0.4 is 5.32 Å². The Labute approximate surface area is 135 Å². The van der Waals surface area contributed by atoms with Gasteiger partial charge in [0.05, 0.1) is 12.0 Å². The van der Waals surface area contributed by atoms with Gasteiger partial charge in [0.2, 0.25) is 0 Å². The van der Waals surface area contributed by atoms with Gasteiger partial charge in [-0.3, -0.25) is 0 Å². The van der Waals surface area contributed by atoms with Gasteiger partial charge in [0.25, 0.3) is 0 Å². The molecule has 0 spiro atoms. The second-order valence-electron chi connectivity index (χ2n) is 5.76. The number of nitrogens with one attached hydrogen (secondary N) is 1. The van der Waals surface area contributed by atoms with Gasteiger partial charge in [-0.2, -0.15) is 0 Å². The standard InChI is InChI=1S/C19H15ClN2/c20-16-8-9-18-17(12-16)19(15-6-7-15,22-13-21-18)11-10-14-4-2-1-3-5-14/h1-5,8-9,12-13,15H,6-7H2,(H,21,22). The first kappa shape index (κ1) is 13.4. The molecule has 2 aliphatic rings. The van der Waals surface area contributed by atoms with Crippen LogP contribution in [0.2, 0.25) is 5.02 Å². The zero-order valence-electron chi connectivity index (χ0n) is 12.0. The van der Waals surface area contributed by atoms with Crippen LogP contribution in [0.1, 0.15) is 24.0 Å². The average Bonchev–Trinajstić information content (AvgIpc) is 3.39. The molecule has 0 bridgehead atoms. The minimum atomic E-state index is -0.377. The van der Waals surface area contributed by atoms with Crippen molar-refractivity contribution in [3.8, 4) is 11.8 Å². The summed E-state index contributed by atoms with van der Waals surface area (Å²) in [5.74, 6) is 7.31. The molecule has 4 rings (SSSR count). The minimum Gasteiger partial charge on any atom is -0.356 e. The maximum Gasteiger partial charge on any atom is 0.130 e. The normalized spacial score (nSPS) is 22.2. The van der Waals surface area contributed by atoms with E-state index in [1.54, 1.807) is 6.34 Å². The van der Waals surface area contributed by atoms with Crippen LogP contribution in [0.3, 0.4) is 0 Å². The lowest BCUT2D eigenvalue weighted by Crippen LogP contribution is -2.44. The Morgan fingerprint density at radius 1 is 1.14 bits per heavy atom. The Hall–Kier alpha value is -2.24. The number of halogens is 1. The van der Waals surface area contributed by atoms with Gasteiger partial charge in [-0.25, -0.2) is 4.99 Å². The molecule has 108 valence electrons. The lowest BCUT2D eigenvalue weighted by Gasteiger charge is -2.33. The van der Waals surface area contributed by atoms with Crippen molar-refractivity contribution in [2.75, 3.05) is 0 Å². The van der Waals surface area contributed by atoms with E-state index < -0.39 is 0 Å². The maximum atomic E-state index is 6.22. The van der Waals surface area contributed by atoms with Crippen molar-refractivity contribution in [2.24, 2.45) is 10.9 Å². The summed E-state index contributed by atoms with van der Waals surface area (Å²) in [5.41, 5.74) is 2.69. The van der Waals surface area contributed by atoms with E-state index in [2.05, 4.69) is 22.2 Å². The second-order valence-corrected chi connectivity index (χ2v) is 6.20. The fourth-order valence-electron chi connectivity index (χ4n) is 2.97. The first-order chi connectivity index (χ1) is 10.8. The van der Waals surface area contributed by atoms with E-state index in [0.717, 1.165) is 21.8 Å². The lowest BCUT2D eigenvalue weighted by molar-refractivity contribution is 0.451. The lowest BCUT2D eigenvalue weighted by atomic mass is 9.83. The van der Waals surface area contributed by atoms with Gasteiger partial charge in [-0.05, 0) is 49.1 Å². The van der Waals surface area contributed by atoms with Crippen LogP contribution in [0.4, 0.5) is 5.69 Å². The van der Waals surface area contributed by atoms with Crippen LogP contribution in [0.5, 0.6) is 0 Å². The Bertz CT molecular complexity index is 797. The van der Waals surface area contributed by atoms with E-state index in [0.29, 0.717) is 5.92 Å². The van der Waals surface area contributed by atoms with E-state index in [1.165, 1.54) is 12.8 Å². The third kappa shape index (κ3) is 2.28. The fourth-order valence-corrected chi connectivity index (χ4v) is 3.14. The molecule has 1 fully saturated rings.